The van der Waals surface area contributed by atoms with Crippen LogP contribution in [-0.4, -0.2) is 47.3 Å². The third-order valence-corrected chi connectivity index (χ3v) is 5.60. The Morgan fingerprint density at radius 2 is 2.00 bits per heavy atom. The molecule has 2 aliphatic heterocycles. The number of ether oxygens (including phenoxy) is 1. The molecule has 1 aromatic rings. The average molecular weight is 330 g/mol. The van der Waals surface area contributed by atoms with Crippen molar-refractivity contribution in [3.8, 4) is 0 Å². The highest BCUT2D eigenvalue weighted by Crippen LogP contribution is 2.37. The predicted octanol–water partition coefficient (Wildman–Crippen LogP) is 1.74. The van der Waals surface area contributed by atoms with Gasteiger partial charge in [-0.15, -0.1) is 0 Å². The van der Waals surface area contributed by atoms with Crippen molar-refractivity contribution in [1.29, 1.82) is 0 Å². The minimum atomic E-state index is -0.626. The van der Waals surface area contributed by atoms with Crippen LogP contribution in [-0.2, 0) is 21.5 Å². The van der Waals surface area contributed by atoms with E-state index in [2.05, 4.69) is 39.0 Å². The summed E-state index contributed by atoms with van der Waals surface area (Å²) in [5.41, 5.74) is 1.31. The Morgan fingerprint density at radius 1 is 1.28 bits per heavy atom. The fraction of sp³-hybridized carbons (Fsp3) is 0.538. The van der Waals surface area contributed by atoms with Crippen molar-refractivity contribution >= 4 is 27.1 Å². The maximum Gasteiger partial charge on any atom is 0.118 e. The molecule has 2 aliphatic rings. The summed E-state index contributed by atoms with van der Waals surface area (Å²) < 4.78 is 18.1. The van der Waals surface area contributed by atoms with Gasteiger partial charge in [0.1, 0.15) is 11.5 Å². The van der Waals surface area contributed by atoms with Crippen LogP contribution in [0.25, 0.3) is 0 Å². The van der Waals surface area contributed by atoms with E-state index in [1.807, 2.05) is 6.07 Å². The topological polar surface area (TPSA) is 35.5 Å². The van der Waals surface area contributed by atoms with Gasteiger partial charge in [0.2, 0.25) is 0 Å². The normalized spacial score (nSPS) is 24.8. The zero-order valence-electron chi connectivity index (χ0n) is 10.1. The second-order valence-electron chi connectivity index (χ2n) is 4.87. The second-order valence-corrected chi connectivity index (χ2v) is 7.48. The van der Waals surface area contributed by atoms with Gasteiger partial charge in [-0.1, -0.05) is 39.2 Å². The fourth-order valence-corrected chi connectivity index (χ4v) is 4.12. The minimum absolute atomic E-state index is 0.00833. The lowest BCUT2D eigenvalue weighted by Gasteiger charge is -2.51. The average Bonchev–Trinajstić information content (AvgIpc) is 2.30. The number of hydrogen-bond donors (Lipinski definition) is 0. The predicted molar refractivity (Wildman–Crippen MR) is 76.1 cm³/mol. The molecule has 0 radical (unpaired) electrons. The molecule has 98 valence electrons. The van der Waals surface area contributed by atoms with E-state index in [9.17, 15) is 4.55 Å². The summed E-state index contributed by atoms with van der Waals surface area (Å²) in [6.45, 7) is 3.30. The SMILES string of the molecule is [O-][S+]1CCN(C2(c3cccc(Br)c3)COC2)CC1. The van der Waals surface area contributed by atoms with Crippen molar-refractivity contribution in [2.75, 3.05) is 37.8 Å². The van der Waals surface area contributed by atoms with Gasteiger partial charge in [0.15, 0.2) is 0 Å². The molecule has 0 N–H and O–H groups in total. The molecule has 5 heteroatoms. The first kappa shape index (κ1) is 12.9. The lowest BCUT2D eigenvalue weighted by molar-refractivity contribution is -0.144. The molecule has 0 atom stereocenters. The van der Waals surface area contributed by atoms with E-state index in [1.54, 1.807) is 0 Å². The van der Waals surface area contributed by atoms with Crippen molar-refractivity contribution in [3.05, 3.63) is 34.3 Å². The van der Waals surface area contributed by atoms with Crippen LogP contribution in [0.4, 0.5) is 0 Å². The van der Waals surface area contributed by atoms with Crippen molar-refractivity contribution in [2.45, 2.75) is 5.54 Å². The highest BCUT2D eigenvalue weighted by molar-refractivity contribution is 9.10. The zero-order chi connectivity index (χ0) is 12.6. The Labute approximate surface area is 119 Å². The maximum absolute atomic E-state index is 11.5. The molecule has 1 aromatic carbocycles. The highest BCUT2D eigenvalue weighted by Gasteiger charge is 2.47. The van der Waals surface area contributed by atoms with Gasteiger partial charge in [0.05, 0.1) is 18.8 Å². The largest absolute Gasteiger partial charge is 0.616 e. The standard InChI is InChI=1S/C13H16BrNO2S/c14-12-3-1-2-11(8-12)13(9-17-10-13)15-4-6-18(16)7-5-15/h1-3,8H,4-7,9-10H2. The van der Waals surface area contributed by atoms with Gasteiger partial charge in [-0.05, 0) is 17.7 Å². The summed E-state index contributed by atoms with van der Waals surface area (Å²) in [4.78, 5) is 2.44. The van der Waals surface area contributed by atoms with Crippen LogP contribution in [0.2, 0.25) is 0 Å². The first-order valence-corrected chi connectivity index (χ1v) is 8.43. The molecule has 0 spiro atoms. The van der Waals surface area contributed by atoms with Gasteiger partial charge in [-0.3, -0.25) is 4.90 Å². The number of hydrogen-bond acceptors (Lipinski definition) is 3. The molecule has 18 heavy (non-hydrogen) atoms. The summed E-state index contributed by atoms with van der Waals surface area (Å²) >= 11 is 2.91. The van der Waals surface area contributed by atoms with E-state index >= 15 is 0 Å². The van der Waals surface area contributed by atoms with Gasteiger partial charge in [0.25, 0.3) is 0 Å². The van der Waals surface area contributed by atoms with E-state index in [1.165, 1.54) is 5.56 Å². The van der Waals surface area contributed by atoms with Gasteiger partial charge >= 0.3 is 0 Å². The van der Waals surface area contributed by atoms with Crippen molar-refractivity contribution in [3.63, 3.8) is 0 Å². The highest BCUT2D eigenvalue weighted by atomic mass is 79.9. The molecule has 0 unspecified atom stereocenters. The van der Waals surface area contributed by atoms with Gasteiger partial charge < -0.3 is 9.29 Å². The van der Waals surface area contributed by atoms with Crippen molar-refractivity contribution in [2.24, 2.45) is 0 Å². The van der Waals surface area contributed by atoms with Crippen molar-refractivity contribution in [1.82, 2.24) is 4.90 Å². The van der Waals surface area contributed by atoms with Crippen LogP contribution in [0, 0.1) is 0 Å². The van der Waals surface area contributed by atoms with E-state index in [-0.39, 0.29) is 5.54 Å². The Bertz CT molecular complexity index is 431. The van der Waals surface area contributed by atoms with Crippen LogP contribution in [0.15, 0.2) is 28.7 Å². The lowest BCUT2D eigenvalue weighted by Crippen LogP contribution is -2.62. The van der Waals surface area contributed by atoms with Crippen LogP contribution < -0.4 is 0 Å². The van der Waals surface area contributed by atoms with E-state index in [0.717, 1.165) is 42.3 Å². The molecular weight excluding hydrogens is 314 g/mol. The number of nitrogens with zero attached hydrogens (tertiary/aromatic N) is 1. The second kappa shape index (κ2) is 5.13. The third-order valence-electron chi connectivity index (χ3n) is 3.83. The molecule has 2 saturated heterocycles. The van der Waals surface area contributed by atoms with Crippen LogP contribution in [0.3, 0.4) is 0 Å². The molecule has 3 rings (SSSR count). The van der Waals surface area contributed by atoms with Gasteiger partial charge in [0, 0.05) is 17.6 Å². The third kappa shape index (κ3) is 2.23. The number of halogens is 1. The van der Waals surface area contributed by atoms with Crippen LogP contribution in [0.1, 0.15) is 5.56 Å². The first-order chi connectivity index (χ1) is 8.71. The number of benzene rings is 1. The van der Waals surface area contributed by atoms with E-state index in [4.69, 9.17) is 4.74 Å². The molecule has 0 saturated carbocycles. The fourth-order valence-electron chi connectivity index (χ4n) is 2.67. The Hall–Kier alpha value is -0.0700. The Kier molecular flexibility index (Phi) is 3.69. The van der Waals surface area contributed by atoms with Gasteiger partial charge in [-0.2, -0.15) is 0 Å². The molecular formula is C13H16BrNO2S. The molecule has 0 aromatic heterocycles. The molecule has 0 amide bonds. The lowest BCUT2D eigenvalue weighted by atomic mass is 9.86. The Morgan fingerprint density at radius 3 is 2.56 bits per heavy atom. The van der Waals surface area contributed by atoms with Crippen LogP contribution in [0.5, 0.6) is 0 Å². The smallest absolute Gasteiger partial charge is 0.118 e. The summed E-state index contributed by atoms with van der Waals surface area (Å²) in [5.74, 6) is 1.57. The molecule has 3 nitrogen and oxygen atoms in total. The quantitative estimate of drug-likeness (QED) is 0.775. The van der Waals surface area contributed by atoms with Crippen LogP contribution >= 0.6 is 15.9 Å². The monoisotopic (exact) mass is 329 g/mol. The van der Waals surface area contributed by atoms with Gasteiger partial charge in [-0.25, -0.2) is 0 Å². The molecule has 0 aliphatic carbocycles. The molecule has 0 bridgehead atoms. The minimum Gasteiger partial charge on any atom is -0.616 e. The van der Waals surface area contributed by atoms with Crippen molar-refractivity contribution < 1.29 is 9.29 Å². The van der Waals surface area contributed by atoms with E-state index < -0.39 is 11.2 Å². The summed E-state index contributed by atoms with van der Waals surface area (Å²) in [5, 5.41) is 0. The van der Waals surface area contributed by atoms with E-state index in [0.29, 0.717) is 0 Å². The zero-order valence-corrected chi connectivity index (χ0v) is 12.5. The summed E-state index contributed by atoms with van der Waals surface area (Å²) in [6.07, 6.45) is 0. The molecule has 2 heterocycles. The molecule has 2 fully saturated rings. The Balaban J connectivity index is 1.86. The summed E-state index contributed by atoms with van der Waals surface area (Å²) in [6, 6.07) is 8.45. The first-order valence-electron chi connectivity index (χ1n) is 6.14. The number of rotatable bonds is 2. The summed E-state index contributed by atoms with van der Waals surface area (Å²) in [7, 11) is 0. The maximum atomic E-state index is 11.5.